The van der Waals surface area contributed by atoms with Crippen LogP contribution in [0.1, 0.15) is 11.1 Å². The van der Waals surface area contributed by atoms with Gasteiger partial charge in [0.05, 0.1) is 29.0 Å². The zero-order chi connectivity index (χ0) is 18.7. The van der Waals surface area contributed by atoms with Crippen molar-refractivity contribution in [3.63, 3.8) is 0 Å². The van der Waals surface area contributed by atoms with Crippen LogP contribution in [-0.4, -0.2) is 22.3 Å². The third kappa shape index (κ3) is 4.15. The molecule has 2 N–H and O–H groups in total. The summed E-state index contributed by atoms with van der Waals surface area (Å²) >= 11 is 12.5. The van der Waals surface area contributed by atoms with Crippen molar-refractivity contribution in [3.05, 3.63) is 57.7 Å². The quantitative estimate of drug-likeness (QED) is 0.617. The number of hydrogen-bond donors (Lipinski definition) is 2. The smallest absolute Gasteiger partial charge is 0.249 e. The first-order valence-electron chi connectivity index (χ1n) is 7.80. The molecule has 0 radical (unpaired) electrons. The highest BCUT2D eigenvalue weighted by Crippen LogP contribution is 2.30. The van der Waals surface area contributed by atoms with Crippen LogP contribution in [0.15, 0.2) is 36.5 Å². The Morgan fingerprint density at radius 3 is 2.50 bits per heavy atom. The molecule has 0 saturated heterocycles. The molecule has 134 valence electrons. The Kier molecular flexibility index (Phi) is 5.44. The number of aromatic nitrogens is 3. The van der Waals surface area contributed by atoms with Crippen molar-refractivity contribution in [2.24, 2.45) is 0 Å². The van der Waals surface area contributed by atoms with Crippen molar-refractivity contribution in [2.45, 2.75) is 13.8 Å². The zero-order valence-electron chi connectivity index (χ0n) is 14.5. The maximum Gasteiger partial charge on any atom is 0.249 e. The lowest BCUT2D eigenvalue weighted by Crippen LogP contribution is -2.04. The summed E-state index contributed by atoms with van der Waals surface area (Å²) < 4.78 is 5.15. The number of rotatable bonds is 5. The van der Waals surface area contributed by atoms with E-state index >= 15 is 0 Å². The number of aryl methyl sites for hydroxylation is 2. The van der Waals surface area contributed by atoms with Gasteiger partial charge in [0.25, 0.3) is 0 Å². The number of benzene rings is 2. The lowest BCUT2D eigenvalue weighted by atomic mass is 10.1. The van der Waals surface area contributed by atoms with E-state index in [2.05, 4.69) is 25.8 Å². The molecule has 0 atom stereocenters. The Labute approximate surface area is 161 Å². The van der Waals surface area contributed by atoms with Crippen LogP contribution in [0.5, 0.6) is 5.75 Å². The fourth-order valence-electron chi connectivity index (χ4n) is 2.49. The standard InChI is InChI=1S/C18H17Cl2N5O/c1-10-6-11(2)17(14(20)7-10)24-18-23-16(9-21-25-18)22-12-4-5-15(26-3)13(19)8-12/h4-9H,1-3H3,(H2,22,23,24,25). The molecule has 0 unspecified atom stereocenters. The highest BCUT2D eigenvalue weighted by Gasteiger charge is 2.09. The van der Waals surface area contributed by atoms with E-state index in [1.54, 1.807) is 19.2 Å². The Hall–Kier alpha value is -2.57. The Morgan fingerprint density at radius 2 is 1.81 bits per heavy atom. The van der Waals surface area contributed by atoms with E-state index in [-0.39, 0.29) is 0 Å². The minimum absolute atomic E-state index is 0.337. The molecule has 8 heteroatoms. The van der Waals surface area contributed by atoms with Gasteiger partial charge in [0, 0.05) is 5.69 Å². The molecule has 6 nitrogen and oxygen atoms in total. The largest absolute Gasteiger partial charge is 0.495 e. The average molecular weight is 390 g/mol. The molecule has 1 aromatic heterocycles. The lowest BCUT2D eigenvalue weighted by molar-refractivity contribution is 0.415. The fourth-order valence-corrected chi connectivity index (χ4v) is 3.12. The van der Waals surface area contributed by atoms with Gasteiger partial charge in [-0.2, -0.15) is 10.1 Å². The van der Waals surface area contributed by atoms with Gasteiger partial charge in [-0.05, 0) is 49.2 Å². The van der Waals surface area contributed by atoms with Crippen LogP contribution in [-0.2, 0) is 0 Å². The van der Waals surface area contributed by atoms with E-state index in [0.29, 0.717) is 27.6 Å². The normalized spacial score (nSPS) is 10.5. The van der Waals surface area contributed by atoms with Gasteiger partial charge in [-0.3, -0.25) is 0 Å². The number of hydrogen-bond acceptors (Lipinski definition) is 6. The molecule has 0 bridgehead atoms. The summed E-state index contributed by atoms with van der Waals surface area (Å²) in [6.07, 6.45) is 1.52. The predicted octanol–water partition coefficient (Wildman–Crippen LogP) is 5.29. The number of halogens is 2. The van der Waals surface area contributed by atoms with Gasteiger partial charge in [0.15, 0.2) is 5.82 Å². The van der Waals surface area contributed by atoms with Crippen LogP contribution in [0.3, 0.4) is 0 Å². The van der Waals surface area contributed by atoms with Gasteiger partial charge in [-0.25, -0.2) is 0 Å². The first kappa shape index (κ1) is 18.2. The Bertz CT molecular complexity index is 926. The van der Waals surface area contributed by atoms with Gasteiger partial charge in [-0.15, -0.1) is 5.10 Å². The minimum atomic E-state index is 0.337. The third-order valence-corrected chi connectivity index (χ3v) is 4.25. The van der Waals surface area contributed by atoms with Crippen molar-refractivity contribution in [2.75, 3.05) is 17.7 Å². The Morgan fingerprint density at radius 1 is 1.00 bits per heavy atom. The van der Waals surface area contributed by atoms with Gasteiger partial charge < -0.3 is 15.4 Å². The number of anilines is 4. The highest BCUT2D eigenvalue weighted by molar-refractivity contribution is 6.33. The van der Waals surface area contributed by atoms with E-state index < -0.39 is 0 Å². The lowest BCUT2D eigenvalue weighted by Gasteiger charge is -2.12. The molecule has 0 fully saturated rings. The summed E-state index contributed by atoms with van der Waals surface area (Å²) in [5.41, 5.74) is 3.60. The van der Waals surface area contributed by atoms with Crippen LogP contribution in [0.25, 0.3) is 0 Å². The summed E-state index contributed by atoms with van der Waals surface area (Å²) in [4.78, 5) is 4.41. The summed E-state index contributed by atoms with van der Waals surface area (Å²) in [5.74, 6) is 1.46. The molecule has 26 heavy (non-hydrogen) atoms. The molecule has 0 aliphatic rings. The number of nitrogens with one attached hydrogen (secondary N) is 2. The molecule has 3 rings (SSSR count). The summed E-state index contributed by atoms with van der Waals surface area (Å²) in [6.45, 7) is 3.96. The third-order valence-electron chi connectivity index (χ3n) is 3.65. The molecular weight excluding hydrogens is 373 g/mol. The minimum Gasteiger partial charge on any atom is -0.495 e. The van der Waals surface area contributed by atoms with Crippen molar-refractivity contribution in [3.8, 4) is 5.75 Å². The SMILES string of the molecule is COc1ccc(Nc2cnnc(Nc3c(C)cc(C)cc3Cl)n2)cc1Cl. The van der Waals surface area contributed by atoms with E-state index in [0.717, 1.165) is 22.5 Å². The second-order valence-electron chi connectivity index (χ2n) is 5.70. The molecule has 0 spiro atoms. The molecule has 3 aromatic rings. The number of nitrogens with zero attached hydrogens (tertiary/aromatic N) is 3. The van der Waals surface area contributed by atoms with Crippen LogP contribution in [0, 0.1) is 13.8 Å². The second-order valence-corrected chi connectivity index (χ2v) is 6.52. The first-order valence-corrected chi connectivity index (χ1v) is 8.56. The summed E-state index contributed by atoms with van der Waals surface area (Å²) in [6, 6.07) is 9.26. The zero-order valence-corrected chi connectivity index (χ0v) is 16.0. The maximum atomic E-state index is 6.32. The maximum absolute atomic E-state index is 6.32. The van der Waals surface area contributed by atoms with Crippen molar-refractivity contribution < 1.29 is 4.74 Å². The molecular formula is C18H17Cl2N5O. The van der Waals surface area contributed by atoms with Crippen molar-refractivity contribution >= 4 is 46.3 Å². The van der Waals surface area contributed by atoms with E-state index in [1.165, 1.54) is 6.20 Å². The van der Waals surface area contributed by atoms with Crippen LogP contribution >= 0.6 is 23.2 Å². The number of methoxy groups -OCH3 is 1. The van der Waals surface area contributed by atoms with Crippen molar-refractivity contribution in [1.82, 2.24) is 15.2 Å². The molecule has 0 amide bonds. The van der Waals surface area contributed by atoms with Crippen LogP contribution in [0.4, 0.5) is 23.1 Å². The first-order chi connectivity index (χ1) is 12.5. The van der Waals surface area contributed by atoms with Crippen LogP contribution in [0.2, 0.25) is 10.0 Å². The van der Waals surface area contributed by atoms with E-state index in [9.17, 15) is 0 Å². The Balaban J connectivity index is 1.82. The molecule has 0 aliphatic carbocycles. The predicted molar refractivity (Wildman–Crippen MR) is 105 cm³/mol. The van der Waals surface area contributed by atoms with Gasteiger partial charge >= 0.3 is 0 Å². The fraction of sp³-hybridized carbons (Fsp3) is 0.167. The topological polar surface area (TPSA) is 72.0 Å². The van der Waals surface area contributed by atoms with Gasteiger partial charge in [-0.1, -0.05) is 29.3 Å². The molecule has 2 aromatic carbocycles. The van der Waals surface area contributed by atoms with Crippen molar-refractivity contribution in [1.29, 1.82) is 0 Å². The monoisotopic (exact) mass is 389 g/mol. The van der Waals surface area contributed by atoms with E-state index in [4.69, 9.17) is 27.9 Å². The molecule has 0 saturated carbocycles. The molecule has 0 aliphatic heterocycles. The van der Waals surface area contributed by atoms with Crippen LogP contribution < -0.4 is 15.4 Å². The van der Waals surface area contributed by atoms with Gasteiger partial charge in [0.1, 0.15) is 5.75 Å². The van der Waals surface area contributed by atoms with Gasteiger partial charge in [0.2, 0.25) is 5.95 Å². The second kappa shape index (κ2) is 7.76. The highest BCUT2D eigenvalue weighted by atomic mass is 35.5. The summed E-state index contributed by atoms with van der Waals surface area (Å²) in [7, 11) is 1.57. The summed E-state index contributed by atoms with van der Waals surface area (Å²) in [5, 5.41) is 15.3. The molecule has 1 heterocycles. The van der Waals surface area contributed by atoms with E-state index in [1.807, 2.05) is 32.0 Å². The average Bonchev–Trinajstić information content (AvgIpc) is 2.59. The number of ether oxygens (including phenoxy) is 1.